The molecule has 0 saturated heterocycles. The van der Waals surface area contributed by atoms with Crippen LogP contribution in [0.25, 0.3) is 5.65 Å². The third kappa shape index (κ3) is 1.31. The van der Waals surface area contributed by atoms with Crippen LogP contribution in [0.5, 0.6) is 0 Å². The van der Waals surface area contributed by atoms with Gasteiger partial charge in [0.05, 0.1) is 5.02 Å². The van der Waals surface area contributed by atoms with E-state index < -0.39 is 0 Å². The van der Waals surface area contributed by atoms with E-state index in [2.05, 4.69) is 4.98 Å². The molecule has 2 rings (SSSR count). The van der Waals surface area contributed by atoms with Crippen molar-refractivity contribution >= 4 is 23.5 Å². The first-order valence-electron chi connectivity index (χ1n) is 3.81. The molecule has 0 atom stereocenters. The van der Waals surface area contributed by atoms with Crippen LogP contribution in [0.1, 0.15) is 16.1 Å². The Morgan fingerprint density at radius 1 is 1.54 bits per heavy atom. The molecular formula is C9H7ClN2O. The second-order valence-corrected chi connectivity index (χ2v) is 3.29. The number of pyridine rings is 1. The summed E-state index contributed by atoms with van der Waals surface area (Å²) in [4.78, 5) is 14.5. The molecule has 0 amide bonds. The van der Waals surface area contributed by atoms with Crippen LogP contribution in [0, 0.1) is 6.92 Å². The van der Waals surface area contributed by atoms with Crippen molar-refractivity contribution in [1.29, 1.82) is 0 Å². The van der Waals surface area contributed by atoms with Gasteiger partial charge in [-0.2, -0.15) is 0 Å². The molecule has 13 heavy (non-hydrogen) atoms. The fourth-order valence-electron chi connectivity index (χ4n) is 1.27. The van der Waals surface area contributed by atoms with Gasteiger partial charge in [0, 0.05) is 12.4 Å². The van der Waals surface area contributed by atoms with Gasteiger partial charge in [-0.3, -0.25) is 4.79 Å². The zero-order chi connectivity index (χ0) is 9.42. The summed E-state index contributed by atoms with van der Waals surface area (Å²) in [5.74, 6) is 0. The molecule has 0 N–H and O–H groups in total. The van der Waals surface area contributed by atoms with E-state index in [4.69, 9.17) is 11.6 Å². The van der Waals surface area contributed by atoms with E-state index in [1.807, 2.05) is 19.2 Å². The molecule has 3 nitrogen and oxygen atoms in total. The van der Waals surface area contributed by atoms with Crippen LogP contribution >= 0.6 is 11.6 Å². The quantitative estimate of drug-likeness (QED) is 0.652. The average Bonchev–Trinajstić information content (AvgIpc) is 2.47. The molecule has 0 saturated carbocycles. The number of imidazole rings is 1. The van der Waals surface area contributed by atoms with Crippen molar-refractivity contribution in [1.82, 2.24) is 9.38 Å². The lowest BCUT2D eigenvalue weighted by atomic mass is 10.3. The first-order valence-corrected chi connectivity index (χ1v) is 4.18. The van der Waals surface area contributed by atoms with Crippen molar-refractivity contribution in [3.05, 3.63) is 34.7 Å². The Morgan fingerprint density at radius 2 is 2.31 bits per heavy atom. The van der Waals surface area contributed by atoms with E-state index in [0.717, 1.165) is 5.56 Å². The minimum atomic E-state index is 0.396. The molecule has 4 heteroatoms. The summed E-state index contributed by atoms with van der Waals surface area (Å²) >= 11 is 5.93. The highest BCUT2D eigenvalue weighted by atomic mass is 35.5. The van der Waals surface area contributed by atoms with Gasteiger partial charge < -0.3 is 4.40 Å². The number of hydrogen-bond donors (Lipinski definition) is 0. The summed E-state index contributed by atoms with van der Waals surface area (Å²) in [7, 11) is 0. The van der Waals surface area contributed by atoms with Gasteiger partial charge in [0.25, 0.3) is 0 Å². The maximum absolute atomic E-state index is 10.5. The Balaban J connectivity index is 2.82. The summed E-state index contributed by atoms with van der Waals surface area (Å²) in [5, 5.41) is 0.563. The predicted octanol–water partition coefficient (Wildman–Crippen LogP) is 2.11. The number of carbonyl (C=O) groups is 1. The first kappa shape index (κ1) is 8.26. The van der Waals surface area contributed by atoms with E-state index in [1.54, 1.807) is 10.6 Å². The van der Waals surface area contributed by atoms with Crippen LogP contribution in [0.4, 0.5) is 0 Å². The number of aromatic nitrogens is 2. The number of aryl methyl sites for hydroxylation is 1. The van der Waals surface area contributed by atoms with Gasteiger partial charge in [0.2, 0.25) is 0 Å². The molecule has 0 radical (unpaired) electrons. The highest BCUT2D eigenvalue weighted by Gasteiger charge is 2.04. The number of hydrogen-bond acceptors (Lipinski definition) is 2. The highest BCUT2D eigenvalue weighted by molar-refractivity contribution is 6.33. The Morgan fingerprint density at radius 3 is 3.00 bits per heavy atom. The average molecular weight is 195 g/mol. The molecule has 0 aliphatic heterocycles. The second-order valence-electron chi connectivity index (χ2n) is 2.88. The summed E-state index contributed by atoms with van der Waals surface area (Å²) in [6.45, 7) is 1.94. The summed E-state index contributed by atoms with van der Waals surface area (Å²) < 4.78 is 1.75. The number of carbonyl (C=O) groups excluding carboxylic acids is 1. The van der Waals surface area contributed by atoms with E-state index >= 15 is 0 Å². The number of halogens is 1. The molecule has 2 aromatic heterocycles. The standard InChI is InChI=1S/C9H7ClN2O/c1-6-2-8(10)9-11-7(5-13)4-12(9)3-6/h2-5H,1H3. The fourth-order valence-corrected chi connectivity index (χ4v) is 1.58. The lowest BCUT2D eigenvalue weighted by Crippen LogP contribution is -1.85. The maximum atomic E-state index is 10.5. The lowest BCUT2D eigenvalue weighted by Gasteiger charge is -1.97. The molecule has 0 aliphatic carbocycles. The van der Waals surface area contributed by atoms with Gasteiger partial charge >= 0.3 is 0 Å². The third-order valence-electron chi connectivity index (χ3n) is 1.78. The molecule has 0 aliphatic rings. The Labute approximate surface area is 80.0 Å². The SMILES string of the molecule is Cc1cc(Cl)c2nc(C=O)cn2c1. The van der Waals surface area contributed by atoms with Crippen LogP contribution in [0.15, 0.2) is 18.5 Å². The van der Waals surface area contributed by atoms with Gasteiger partial charge in [-0.25, -0.2) is 4.98 Å². The molecular weight excluding hydrogens is 188 g/mol. The summed E-state index contributed by atoms with van der Waals surface area (Å²) in [6, 6.07) is 1.82. The van der Waals surface area contributed by atoms with Crippen molar-refractivity contribution in [3.8, 4) is 0 Å². The van der Waals surface area contributed by atoms with Gasteiger partial charge in [-0.15, -0.1) is 0 Å². The number of aldehydes is 1. The number of fused-ring (bicyclic) bond motifs is 1. The molecule has 0 fully saturated rings. The maximum Gasteiger partial charge on any atom is 0.170 e. The van der Waals surface area contributed by atoms with Crippen molar-refractivity contribution in [2.24, 2.45) is 0 Å². The van der Waals surface area contributed by atoms with Crippen LogP contribution in [-0.2, 0) is 0 Å². The summed E-state index contributed by atoms with van der Waals surface area (Å²) in [5.41, 5.74) is 2.05. The van der Waals surface area contributed by atoms with Gasteiger partial charge in [0.15, 0.2) is 11.9 Å². The zero-order valence-corrected chi connectivity index (χ0v) is 7.75. The van der Waals surface area contributed by atoms with Crippen molar-refractivity contribution in [2.75, 3.05) is 0 Å². The van der Waals surface area contributed by atoms with Crippen LogP contribution < -0.4 is 0 Å². The minimum absolute atomic E-state index is 0.396. The molecule has 2 aromatic rings. The zero-order valence-electron chi connectivity index (χ0n) is 6.99. The highest BCUT2D eigenvalue weighted by Crippen LogP contribution is 2.17. The number of rotatable bonds is 1. The van der Waals surface area contributed by atoms with Gasteiger partial charge in [-0.05, 0) is 18.6 Å². The van der Waals surface area contributed by atoms with Crippen LogP contribution in [0.2, 0.25) is 5.02 Å². The van der Waals surface area contributed by atoms with Gasteiger partial charge in [-0.1, -0.05) is 11.6 Å². The molecule has 0 unspecified atom stereocenters. The van der Waals surface area contributed by atoms with Crippen molar-refractivity contribution in [2.45, 2.75) is 6.92 Å². The van der Waals surface area contributed by atoms with E-state index in [9.17, 15) is 4.79 Å². The van der Waals surface area contributed by atoms with Crippen LogP contribution in [-0.4, -0.2) is 15.7 Å². The largest absolute Gasteiger partial charge is 0.305 e. The third-order valence-corrected chi connectivity index (χ3v) is 2.06. The molecule has 66 valence electrons. The van der Waals surface area contributed by atoms with Crippen molar-refractivity contribution in [3.63, 3.8) is 0 Å². The fraction of sp³-hybridized carbons (Fsp3) is 0.111. The monoisotopic (exact) mass is 194 g/mol. The Kier molecular flexibility index (Phi) is 1.81. The van der Waals surface area contributed by atoms with Gasteiger partial charge in [0.1, 0.15) is 5.69 Å². The molecule has 0 spiro atoms. The smallest absolute Gasteiger partial charge is 0.170 e. The van der Waals surface area contributed by atoms with E-state index in [-0.39, 0.29) is 0 Å². The van der Waals surface area contributed by atoms with Crippen molar-refractivity contribution < 1.29 is 4.79 Å². The van der Waals surface area contributed by atoms with Crippen LogP contribution in [0.3, 0.4) is 0 Å². The minimum Gasteiger partial charge on any atom is -0.305 e. The number of nitrogens with zero attached hydrogens (tertiary/aromatic N) is 2. The Bertz CT molecular complexity index is 476. The molecule has 0 bridgehead atoms. The normalized spacial score (nSPS) is 10.6. The predicted molar refractivity (Wildman–Crippen MR) is 50.3 cm³/mol. The lowest BCUT2D eigenvalue weighted by molar-refractivity contribution is 0.111. The van der Waals surface area contributed by atoms with E-state index in [1.165, 1.54) is 0 Å². The topological polar surface area (TPSA) is 34.4 Å². The van der Waals surface area contributed by atoms with E-state index in [0.29, 0.717) is 22.6 Å². The second kappa shape index (κ2) is 2.85. The Hall–Kier alpha value is -1.35. The molecule has 0 aromatic carbocycles. The first-order chi connectivity index (χ1) is 6.20. The molecule has 2 heterocycles. The summed E-state index contributed by atoms with van der Waals surface area (Å²) in [6.07, 6.45) is 4.24.